The zero-order chi connectivity index (χ0) is 7.78. The fourth-order valence-electron chi connectivity index (χ4n) is 1.17. The highest BCUT2D eigenvalue weighted by Crippen LogP contribution is 2.28. The average molecular weight is 209 g/mol. The number of rotatable bonds is 1. The zero-order valence-electron chi connectivity index (χ0n) is 6.56. The van der Waals surface area contributed by atoms with E-state index in [2.05, 4.69) is 15.9 Å². The third-order valence-corrected chi connectivity index (χ3v) is 2.22. The molecule has 0 amide bonds. The fourth-order valence-corrected chi connectivity index (χ4v) is 1.83. The van der Waals surface area contributed by atoms with Crippen LogP contribution in [0.5, 0.6) is 0 Å². The molecule has 2 atom stereocenters. The van der Waals surface area contributed by atoms with Crippen molar-refractivity contribution in [2.24, 2.45) is 0 Å². The van der Waals surface area contributed by atoms with Crippen molar-refractivity contribution in [3.05, 3.63) is 0 Å². The van der Waals surface area contributed by atoms with Gasteiger partial charge in [0.05, 0.1) is 12.2 Å². The highest BCUT2D eigenvalue weighted by molar-refractivity contribution is 9.09. The molecule has 2 nitrogen and oxygen atoms in total. The normalized spacial score (nSPS) is 38.4. The number of hydrogen-bond donors (Lipinski definition) is 0. The third-order valence-electron chi connectivity index (χ3n) is 1.58. The molecule has 10 heavy (non-hydrogen) atoms. The molecular formula is C7H13BrO2. The number of hydrogen-bond acceptors (Lipinski definition) is 2. The first-order valence-electron chi connectivity index (χ1n) is 3.47. The van der Waals surface area contributed by atoms with Crippen LogP contribution >= 0.6 is 15.9 Å². The smallest absolute Gasteiger partial charge is 0.163 e. The van der Waals surface area contributed by atoms with E-state index >= 15 is 0 Å². The molecule has 0 N–H and O–H groups in total. The maximum atomic E-state index is 5.54. The Kier molecular flexibility index (Phi) is 2.38. The van der Waals surface area contributed by atoms with E-state index in [0.29, 0.717) is 0 Å². The molecule has 1 heterocycles. The van der Waals surface area contributed by atoms with Gasteiger partial charge in [0.2, 0.25) is 0 Å². The van der Waals surface area contributed by atoms with Crippen LogP contribution in [0.25, 0.3) is 0 Å². The minimum Gasteiger partial charge on any atom is -0.345 e. The molecule has 1 saturated heterocycles. The van der Waals surface area contributed by atoms with E-state index in [1.165, 1.54) is 0 Å². The van der Waals surface area contributed by atoms with Crippen LogP contribution in [0.2, 0.25) is 0 Å². The van der Waals surface area contributed by atoms with Crippen LogP contribution in [0.1, 0.15) is 20.8 Å². The minimum atomic E-state index is -0.391. The average Bonchev–Trinajstić information content (AvgIpc) is 2.05. The molecule has 0 unspecified atom stereocenters. The monoisotopic (exact) mass is 208 g/mol. The highest BCUT2D eigenvalue weighted by Gasteiger charge is 2.37. The van der Waals surface area contributed by atoms with E-state index in [9.17, 15) is 0 Å². The Morgan fingerprint density at radius 3 is 2.20 bits per heavy atom. The van der Waals surface area contributed by atoms with Gasteiger partial charge in [-0.3, -0.25) is 0 Å². The summed E-state index contributed by atoms with van der Waals surface area (Å²) in [6, 6.07) is 0. The van der Waals surface area contributed by atoms with Crippen LogP contribution in [-0.4, -0.2) is 23.3 Å². The van der Waals surface area contributed by atoms with Gasteiger partial charge in [0.15, 0.2) is 5.79 Å². The molecule has 1 fully saturated rings. The summed E-state index contributed by atoms with van der Waals surface area (Å²) in [6.45, 7) is 5.90. The van der Waals surface area contributed by atoms with Gasteiger partial charge in [0, 0.05) is 5.33 Å². The van der Waals surface area contributed by atoms with Crippen LogP contribution in [-0.2, 0) is 9.47 Å². The Labute approximate surface area is 70.0 Å². The van der Waals surface area contributed by atoms with Crippen molar-refractivity contribution in [2.75, 3.05) is 5.33 Å². The van der Waals surface area contributed by atoms with Crippen LogP contribution in [0.3, 0.4) is 0 Å². The van der Waals surface area contributed by atoms with Crippen LogP contribution in [0.15, 0.2) is 0 Å². The van der Waals surface area contributed by atoms with Crippen LogP contribution in [0, 0.1) is 0 Å². The number of alkyl halides is 1. The minimum absolute atomic E-state index is 0.203. The molecule has 0 saturated carbocycles. The fraction of sp³-hybridized carbons (Fsp3) is 1.00. The predicted molar refractivity (Wildman–Crippen MR) is 43.3 cm³/mol. The van der Waals surface area contributed by atoms with Gasteiger partial charge in [0.1, 0.15) is 0 Å². The lowest BCUT2D eigenvalue weighted by molar-refractivity contribution is -0.142. The molecule has 60 valence electrons. The molecular weight excluding hydrogens is 196 g/mol. The standard InChI is InChI=1S/C7H13BrO2/c1-5-6(4-8)10-7(2,3)9-5/h5-6H,4H2,1-3H3/t5-,6-/m0/s1. The van der Waals surface area contributed by atoms with Gasteiger partial charge in [-0.15, -0.1) is 0 Å². The Hall–Kier alpha value is 0.400. The Balaban J connectivity index is 2.52. The number of halogens is 1. The molecule has 0 bridgehead atoms. The van der Waals surface area contributed by atoms with Gasteiger partial charge in [-0.2, -0.15) is 0 Å². The quantitative estimate of drug-likeness (QED) is 0.614. The summed E-state index contributed by atoms with van der Waals surface area (Å²) in [5, 5.41) is 0.845. The van der Waals surface area contributed by atoms with Gasteiger partial charge in [-0.05, 0) is 20.8 Å². The summed E-state index contributed by atoms with van der Waals surface area (Å²) in [4.78, 5) is 0. The van der Waals surface area contributed by atoms with Crippen LogP contribution < -0.4 is 0 Å². The summed E-state index contributed by atoms with van der Waals surface area (Å²) in [6.07, 6.45) is 0.407. The van der Waals surface area contributed by atoms with Gasteiger partial charge in [-0.1, -0.05) is 15.9 Å². The lowest BCUT2D eigenvalue weighted by atomic mass is 10.3. The largest absolute Gasteiger partial charge is 0.345 e. The van der Waals surface area contributed by atoms with Crippen molar-refractivity contribution in [2.45, 2.75) is 38.8 Å². The molecule has 0 radical (unpaired) electrons. The summed E-state index contributed by atoms with van der Waals surface area (Å²) in [5.41, 5.74) is 0. The maximum absolute atomic E-state index is 5.54. The first-order valence-corrected chi connectivity index (χ1v) is 4.59. The Morgan fingerprint density at radius 2 is 2.00 bits per heavy atom. The third kappa shape index (κ3) is 1.71. The second-order valence-electron chi connectivity index (χ2n) is 3.03. The molecule has 3 heteroatoms. The highest BCUT2D eigenvalue weighted by atomic mass is 79.9. The lowest BCUT2D eigenvalue weighted by Gasteiger charge is -2.15. The number of ether oxygens (including phenoxy) is 2. The van der Waals surface area contributed by atoms with Crippen LogP contribution in [0.4, 0.5) is 0 Å². The summed E-state index contributed by atoms with van der Waals surface area (Å²) in [7, 11) is 0. The molecule has 0 aromatic heterocycles. The second-order valence-corrected chi connectivity index (χ2v) is 3.68. The van der Waals surface area contributed by atoms with Crippen molar-refractivity contribution in [3.63, 3.8) is 0 Å². The molecule has 1 rings (SSSR count). The SMILES string of the molecule is C[C@@H]1OC(C)(C)O[C@H]1CBr. The topological polar surface area (TPSA) is 18.5 Å². The molecule has 0 aliphatic carbocycles. The summed E-state index contributed by atoms with van der Waals surface area (Å²) in [5.74, 6) is -0.391. The van der Waals surface area contributed by atoms with Gasteiger partial charge in [0.25, 0.3) is 0 Å². The van der Waals surface area contributed by atoms with Crippen molar-refractivity contribution in [1.29, 1.82) is 0 Å². The molecule has 0 aromatic carbocycles. The van der Waals surface area contributed by atoms with E-state index in [1.54, 1.807) is 0 Å². The lowest BCUT2D eigenvalue weighted by Crippen LogP contribution is -2.22. The maximum Gasteiger partial charge on any atom is 0.163 e. The molecule has 0 spiro atoms. The molecule has 1 aliphatic heterocycles. The van der Waals surface area contributed by atoms with E-state index in [4.69, 9.17) is 9.47 Å². The van der Waals surface area contributed by atoms with Crippen molar-refractivity contribution < 1.29 is 9.47 Å². The van der Waals surface area contributed by atoms with E-state index in [1.807, 2.05) is 20.8 Å². The first kappa shape index (κ1) is 8.50. The van der Waals surface area contributed by atoms with Crippen molar-refractivity contribution >= 4 is 15.9 Å². The molecule has 1 aliphatic rings. The van der Waals surface area contributed by atoms with E-state index in [-0.39, 0.29) is 12.2 Å². The Morgan fingerprint density at radius 1 is 1.40 bits per heavy atom. The van der Waals surface area contributed by atoms with E-state index in [0.717, 1.165) is 5.33 Å². The van der Waals surface area contributed by atoms with Crippen molar-refractivity contribution in [3.8, 4) is 0 Å². The predicted octanol–water partition coefficient (Wildman–Crippen LogP) is 1.92. The second kappa shape index (κ2) is 2.80. The zero-order valence-corrected chi connectivity index (χ0v) is 8.14. The van der Waals surface area contributed by atoms with Crippen molar-refractivity contribution in [1.82, 2.24) is 0 Å². The van der Waals surface area contributed by atoms with Gasteiger partial charge in [-0.25, -0.2) is 0 Å². The van der Waals surface area contributed by atoms with Gasteiger partial charge < -0.3 is 9.47 Å². The first-order chi connectivity index (χ1) is 4.55. The summed E-state index contributed by atoms with van der Waals surface area (Å²) < 4.78 is 11.0. The summed E-state index contributed by atoms with van der Waals surface area (Å²) >= 11 is 3.36. The van der Waals surface area contributed by atoms with Gasteiger partial charge >= 0.3 is 0 Å². The Bertz CT molecular complexity index is 125. The van der Waals surface area contributed by atoms with E-state index < -0.39 is 5.79 Å². The molecule has 0 aromatic rings.